The highest BCUT2D eigenvalue weighted by atomic mass is 32.1. The van der Waals surface area contributed by atoms with Crippen molar-refractivity contribution < 1.29 is 9.59 Å². The SMILES string of the molecule is CCNC(=O)c1c2c(cn(C)c1=O)CN(C(=O)Cc1cn3ccsc3n1)CC2. The molecule has 4 rings (SSSR count). The molecular formula is C19H21N5O3S. The molecule has 0 fully saturated rings. The Kier molecular flexibility index (Phi) is 4.76. The van der Waals surface area contributed by atoms with Gasteiger partial charge < -0.3 is 14.8 Å². The normalized spacial score (nSPS) is 13.6. The van der Waals surface area contributed by atoms with Crippen molar-refractivity contribution in [2.45, 2.75) is 26.3 Å². The number of hydrogen-bond donors (Lipinski definition) is 1. The molecule has 0 aliphatic carbocycles. The van der Waals surface area contributed by atoms with Crippen molar-refractivity contribution in [3.8, 4) is 0 Å². The lowest BCUT2D eigenvalue weighted by molar-refractivity contribution is -0.131. The van der Waals surface area contributed by atoms with Crippen LogP contribution < -0.4 is 10.9 Å². The zero-order chi connectivity index (χ0) is 19.8. The number of aryl methyl sites for hydroxylation is 1. The summed E-state index contributed by atoms with van der Waals surface area (Å²) in [4.78, 5) is 44.8. The van der Waals surface area contributed by atoms with Gasteiger partial charge in [0, 0.05) is 50.7 Å². The number of hydrogen-bond acceptors (Lipinski definition) is 5. The van der Waals surface area contributed by atoms with Gasteiger partial charge in [-0.25, -0.2) is 4.98 Å². The summed E-state index contributed by atoms with van der Waals surface area (Å²) < 4.78 is 3.33. The molecule has 0 saturated carbocycles. The Balaban J connectivity index is 1.57. The summed E-state index contributed by atoms with van der Waals surface area (Å²) >= 11 is 1.53. The Labute approximate surface area is 165 Å². The summed E-state index contributed by atoms with van der Waals surface area (Å²) in [6, 6.07) is 0. The van der Waals surface area contributed by atoms with Crippen LogP contribution >= 0.6 is 11.3 Å². The zero-order valence-corrected chi connectivity index (χ0v) is 16.6. The van der Waals surface area contributed by atoms with Crippen LogP contribution in [-0.2, 0) is 31.2 Å². The average molecular weight is 399 g/mol. The van der Waals surface area contributed by atoms with Crippen molar-refractivity contribution >= 4 is 28.1 Å². The van der Waals surface area contributed by atoms with Crippen molar-refractivity contribution in [2.75, 3.05) is 13.1 Å². The monoisotopic (exact) mass is 399 g/mol. The molecule has 1 N–H and O–H groups in total. The van der Waals surface area contributed by atoms with E-state index in [1.54, 1.807) is 18.1 Å². The molecule has 1 aliphatic rings. The zero-order valence-electron chi connectivity index (χ0n) is 15.8. The van der Waals surface area contributed by atoms with Gasteiger partial charge in [-0.15, -0.1) is 11.3 Å². The van der Waals surface area contributed by atoms with Gasteiger partial charge in [-0.3, -0.25) is 18.8 Å². The smallest absolute Gasteiger partial charge is 0.263 e. The van der Waals surface area contributed by atoms with Crippen LogP contribution in [0.5, 0.6) is 0 Å². The molecule has 8 nitrogen and oxygen atoms in total. The molecule has 0 aromatic carbocycles. The van der Waals surface area contributed by atoms with E-state index < -0.39 is 0 Å². The minimum Gasteiger partial charge on any atom is -0.352 e. The molecule has 3 aromatic rings. The Morgan fingerprint density at radius 1 is 1.32 bits per heavy atom. The number of carbonyl (C=O) groups is 2. The fourth-order valence-electron chi connectivity index (χ4n) is 3.61. The molecule has 4 heterocycles. The number of aromatic nitrogens is 3. The molecule has 1 aliphatic heterocycles. The van der Waals surface area contributed by atoms with Crippen LogP contribution in [0.3, 0.4) is 0 Å². The third-order valence-electron chi connectivity index (χ3n) is 4.96. The maximum absolute atomic E-state index is 12.8. The van der Waals surface area contributed by atoms with Gasteiger partial charge in [0.1, 0.15) is 5.56 Å². The van der Waals surface area contributed by atoms with Gasteiger partial charge in [0.05, 0.1) is 12.1 Å². The maximum atomic E-state index is 12.8. The van der Waals surface area contributed by atoms with E-state index in [4.69, 9.17) is 0 Å². The third kappa shape index (κ3) is 3.22. The van der Waals surface area contributed by atoms with E-state index in [-0.39, 0.29) is 29.4 Å². The molecule has 3 aromatic heterocycles. The number of nitrogens with one attached hydrogen (secondary N) is 1. The van der Waals surface area contributed by atoms with Gasteiger partial charge in [0.2, 0.25) is 5.91 Å². The number of amides is 2. The molecule has 146 valence electrons. The van der Waals surface area contributed by atoms with E-state index in [1.807, 2.05) is 29.1 Å². The molecule has 0 spiro atoms. The first-order valence-corrected chi connectivity index (χ1v) is 10.0. The summed E-state index contributed by atoms with van der Waals surface area (Å²) in [5, 5.41) is 4.66. The first-order valence-electron chi connectivity index (χ1n) is 9.16. The van der Waals surface area contributed by atoms with Crippen molar-refractivity contribution in [1.29, 1.82) is 0 Å². The number of carbonyl (C=O) groups excluding carboxylic acids is 2. The minimum absolute atomic E-state index is 0.00943. The number of nitrogens with zero attached hydrogens (tertiary/aromatic N) is 4. The molecule has 0 unspecified atom stereocenters. The minimum atomic E-state index is -0.349. The first kappa shape index (κ1) is 18.4. The van der Waals surface area contributed by atoms with Crippen LogP contribution in [-0.4, -0.2) is 43.8 Å². The van der Waals surface area contributed by atoms with Gasteiger partial charge in [0.15, 0.2) is 4.96 Å². The van der Waals surface area contributed by atoms with Crippen molar-refractivity contribution in [3.63, 3.8) is 0 Å². The number of fused-ring (bicyclic) bond motifs is 2. The van der Waals surface area contributed by atoms with Crippen LogP contribution in [0.4, 0.5) is 0 Å². The van der Waals surface area contributed by atoms with Crippen LogP contribution in [0.1, 0.15) is 34.1 Å². The Morgan fingerprint density at radius 2 is 2.14 bits per heavy atom. The van der Waals surface area contributed by atoms with E-state index in [0.717, 1.165) is 21.8 Å². The second kappa shape index (κ2) is 7.23. The third-order valence-corrected chi connectivity index (χ3v) is 5.73. The summed E-state index contributed by atoms with van der Waals surface area (Å²) in [6.45, 7) is 3.14. The summed E-state index contributed by atoms with van der Waals surface area (Å²) in [5.74, 6) is -0.359. The van der Waals surface area contributed by atoms with E-state index >= 15 is 0 Å². The number of imidazole rings is 1. The Morgan fingerprint density at radius 3 is 2.89 bits per heavy atom. The van der Waals surface area contributed by atoms with Crippen molar-refractivity contribution in [3.05, 3.63) is 56.7 Å². The topological polar surface area (TPSA) is 88.7 Å². The second-order valence-electron chi connectivity index (χ2n) is 6.85. The van der Waals surface area contributed by atoms with Gasteiger partial charge >= 0.3 is 0 Å². The lowest BCUT2D eigenvalue weighted by Gasteiger charge is -2.30. The van der Waals surface area contributed by atoms with Crippen LogP contribution in [0.15, 0.2) is 28.8 Å². The quantitative estimate of drug-likeness (QED) is 0.708. The Hall–Kier alpha value is -2.94. The van der Waals surface area contributed by atoms with E-state index in [2.05, 4.69) is 10.3 Å². The van der Waals surface area contributed by atoms with Crippen molar-refractivity contribution in [2.24, 2.45) is 7.05 Å². The van der Waals surface area contributed by atoms with E-state index in [1.165, 1.54) is 15.9 Å². The molecular weight excluding hydrogens is 378 g/mol. The molecule has 0 atom stereocenters. The lowest BCUT2D eigenvalue weighted by Crippen LogP contribution is -2.41. The summed E-state index contributed by atoms with van der Waals surface area (Å²) in [5.41, 5.74) is 2.23. The second-order valence-corrected chi connectivity index (χ2v) is 7.72. The lowest BCUT2D eigenvalue weighted by atomic mass is 9.96. The fraction of sp³-hybridized carbons (Fsp3) is 0.368. The van der Waals surface area contributed by atoms with Crippen molar-refractivity contribution in [1.82, 2.24) is 24.2 Å². The number of rotatable bonds is 4. The molecule has 0 bridgehead atoms. The van der Waals surface area contributed by atoms with Crippen LogP contribution in [0, 0.1) is 0 Å². The van der Waals surface area contributed by atoms with E-state index in [0.29, 0.717) is 26.1 Å². The van der Waals surface area contributed by atoms with Gasteiger partial charge in [0.25, 0.3) is 11.5 Å². The molecule has 0 radical (unpaired) electrons. The number of pyridine rings is 1. The number of thiazole rings is 1. The Bertz CT molecular complexity index is 1100. The highest BCUT2D eigenvalue weighted by molar-refractivity contribution is 7.15. The highest BCUT2D eigenvalue weighted by Gasteiger charge is 2.27. The molecule has 28 heavy (non-hydrogen) atoms. The van der Waals surface area contributed by atoms with Crippen LogP contribution in [0.2, 0.25) is 0 Å². The molecule has 2 amide bonds. The maximum Gasteiger partial charge on any atom is 0.263 e. The van der Waals surface area contributed by atoms with Crippen LogP contribution in [0.25, 0.3) is 4.96 Å². The molecule has 9 heteroatoms. The fourth-order valence-corrected chi connectivity index (χ4v) is 4.33. The average Bonchev–Trinajstić information content (AvgIpc) is 3.24. The predicted octanol–water partition coefficient (Wildman–Crippen LogP) is 0.972. The molecule has 0 saturated heterocycles. The van der Waals surface area contributed by atoms with Gasteiger partial charge in [-0.1, -0.05) is 0 Å². The summed E-state index contributed by atoms with van der Waals surface area (Å²) in [7, 11) is 1.63. The van der Waals surface area contributed by atoms with Gasteiger partial charge in [-0.05, 0) is 24.5 Å². The van der Waals surface area contributed by atoms with E-state index in [9.17, 15) is 14.4 Å². The summed E-state index contributed by atoms with van der Waals surface area (Å²) in [6.07, 6.45) is 6.24. The first-order chi connectivity index (χ1) is 13.5. The predicted molar refractivity (Wildman–Crippen MR) is 106 cm³/mol. The van der Waals surface area contributed by atoms with Gasteiger partial charge in [-0.2, -0.15) is 0 Å². The standard InChI is InChI=1S/C19H21N5O3S/c1-3-20-17(26)16-14-4-5-23(10-12(14)9-22(2)18(16)27)15(25)8-13-11-24-6-7-28-19(24)21-13/h6-7,9,11H,3-5,8,10H2,1-2H3,(H,20,26). The largest absolute Gasteiger partial charge is 0.352 e. The highest BCUT2D eigenvalue weighted by Crippen LogP contribution is 2.21.